The van der Waals surface area contributed by atoms with Crippen molar-refractivity contribution in [1.82, 2.24) is 4.90 Å². The predicted molar refractivity (Wildman–Crippen MR) is 88.5 cm³/mol. The van der Waals surface area contributed by atoms with Crippen LogP contribution in [0, 0.1) is 5.82 Å². The van der Waals surface area contributed by atoms with Crippen LogP contribution in [0.4, 0.5) is 4.39 Å². The molecule has 0 aliphatic carbocycles. The number of benzene rings is 1. The summed E-state index contributed by atoms with van der Waals surface area (Å²) in [6.07, 6.45) is 0.308. The van der Waals surface area contributed by atoms with E-state index in [0.29, 0.717) is 18.1 Å². The fraction of sp³-hybridized carbons (Fsp3) is 0.467. The van der Waals surface area contributed by atoms with Gasteiger partial charge in [0.05, 0.1) is 17.5 Å². The predicted octanol–water partition coefficient (Wildman–Crippen LogP) is 1.83. The van der Waals surface area contributed by atoms with Crippen molar-refractivity contribution in [2.75, 3.05) is 11.5 Å². The molecule has 2 unspecified atom stereocenters. The Hall–Kier alpha value is -1.41. The fourth-order valence-electron chi connectivity index (χ4n) is 2.79. The summed E-state index contributed by atoms with van der Waals surface area (Å²) in [4.78, 5) is 17.7. The molecule has 0 bridgehead atoms. The summed E-state index contributed by atoms with van der Waals surface area (Å²) < 4.78 is 36.8. The quantitative estimate of drug-likeness (QED) is 0.827. The van der Waals surface area contributed by atoms with Crippen molar-refractivity contribution < 1.29 is 17.6 Å². The summed E-state index contributed by atoms with van der Waals surface area (Å²) in [5.74, 6) is -0.354. The molecule has 2 aliphatic rings. The standard InChI is InChI=1S/C15H17FN2O3S2/c1-2-14(19)17-15-18(7-10-3-5-11(16)6-4-10)12-8-23(20,21)9-13(12)22-15/h3-6,12-13H,2,7-9H2,1H3. The topological polar surface area (TPSA) is 66.8 Å². The SMILES string of the molecule is CCC(=O)N=C1SC2CS(=O)(=O)CC2N1Cc1ccc(F)cc1. The Morgan fingerprint density at radius 1 is 1.35 bits per heavy atom. The monoisotopic (exact) mass is 356 g/mol. The van der Waals surface area contributed by atoms with Crippen LogP contribution in [0.15, 0.2) is 29.3 Å². The average Bonchev–Trinajstić information content (AvgIpc) is 2.94. The highest BCUT2D eigenvalue weighted by molar-refractivity contribution is 8.15. The van der Waals surface area contributed by atoms with E-state index in [0.717, 1.165) is 5.56 Å². The zero-order chi connectivity index (χ0) is 16.6. The molecular weight excluding hydrogens is 339 g/mol. The van der Waals surface area contributed by atoms with Gasteiger partial charge in [-0.15, -0.1) is 0 Å². The summed E-state index contributed by atoms with van der Waals surface area (Å²) in [6, 6.07) is 5.88. The summed E-state index contributed by atoms with van der Waals surface area (Å²) in [7, 11) is -3.06. The molecule has 5 nitrogen and oxygen atoms in total. The minimum Gasteiger partial charge on any atom is -0.342 e. The minimum atomic E-state index is -3.06. The number of hydrogen-bond donors (Lipinski definition) is 0. The van der Waals surface area contributed by atoms with Crippen molar-refractivity contribution in [3.05, 3.63) is 35.6 Å². The Morgan fingerprint density at radius 2 is 2.04 bits per heavy atom. The fourth-order valence-corrected chi connectivity index (χ4v) is 6.76. The average molecular weight is 356 g/mol. The van der Waals surface area contributed by atoms with Gasteiger partial charge in [-0.2, -0.15) is 4.99 Å². The van der Waals surface area contributed by atoms with Crippen LogP contribution in [0.3, 0.4) is 0 Å². The van der Waals surface area contributed by atoms with Crippen molar-refractivity contribution in [1.29, 1.82) is 0 Å². The first-order valence-corrected chi connectivity index (χ1v) is 10.1. The Morgan fingerprint density at radius 3 is 2.70 bits per heavy atom. The maximum atomic E-state index is 13.0. The maximum absolute atomic E-state index is 13.0. The van der Waals surface area contributed by atoms with Crippen LogP contribution in [0.1, 0.15) is 18.9 Å². The lowest BCUT2D eigenvalue weighted by molar-refractivity contribution is -0.117. The van der Waals surface area contributed by atoms with Crippen LogP contribution >= 0.6 is 11.8 Å². The van der Waals surface area contributed by atoms with E-state index in [4.69, 9.17) is 0 Å². The molecule has 0 spiro atoms. The number of carbonyl (C=O) groups is 1. The van der Waals surface area contributed by atoms with Crippen molar-refractivity contribution >= 4 is 32.7 Å². The van der Waals surface area contributed by atoms with E-state index in [2.05, 4.69) is 4.99 Å². The molecule has 8 heteroatoms. The van der Waals surface area contributed by atoms with E-state index in [-0.39, 0.29) is 34.5 Å². The number of amides is 1. The maximum Gasteiger partial charge on any atom is 0.247 e. The molecule has 3 rings (SSSR count). The smallest absolute Gasteiger partial charge is 0.247 e. The minimum absolute atomic E-state index is 0.0746. The van der Waals surface area contributed by atoms with Crippen LogP contribution in [-0.4, -0.2) is 47.2 Å². The zero-order valence-electron chi connectivity index (χ0n) is 12.6. The van der Waals surface area contributed by atoms with Gasteiger partial charge in [-0.25, -0.2) is 12.8 Å². The van der Waals surface area contributed by atoms with E-state index in [9.17, 15) is 17.6 Å². The third kappa shape index (κ3) is 3.58. The van der Waals surface area contributed by atoms with Gasteiger partial charge in [0.2, 0.25) is 5.91 Å². The van der Waals surface area contributed by atoms with Crippen molar-refractivity contribution in [2.45, 2.75) is 31.2 Å². The van der Waals surface area contributed by atoms with E-state index in [1.54, 1.807) is 19.1 Å². The van der Waals surface area contributed by atoms with Crippen LogP contribution in [0.2, 0.25) is 0 Å². The Labute approximate surface area is 138 Å². The van der Waals surface area contributed by atoms with Gasteiger partial charge in [-0.1, -0.05) is 30.8 Å². The van der Waals surface area contributed by atoms with Gasteiger partial charge in [0.15, 0.2) is 15.0 Å². The number of rotatable bonds is 3. The van der Waals surface area contributed by atoms with Gasteiger partial charge in [-0.3, -0.25) is 4.79 Å². The van der Waals surface area contributed by atoms with Crippen LogP contribution in [0.5, 0.6) is 0 Å². The Balaban J connectivity index is 1.88. The summed E-state index contributed by atoms with van der Waals surface area (Å²) in [5.41, 5.74) is 0.855. The zero-order valence-corrected chi connectivity index (χ0v) is 14.2. The molecular formula is C15H17FN2O3S2. The van der Waals surface area contributed by atoms with Crippen molar-refractivity contribution in [3.8, 4) is 0 Å². The first-order chi connectivity index (χ1) is 10.9. The molecule has 2 heterocycles. The number of halogens is 1. The second-order valence-corrected chi connectivity index (χ2v) is 9.06. The number of carbonyl (C=O) groups excluding carboxylic acids is 1. The van der Waals surface area contributed by atoms with Crippen molar-refractivity contribution in [3.63, 3.8) is 0 Å². The molecule has 2 fully saturated rings. The van der Waals surface area contributed by atoms with E-state index in [1.165, 1.54) is 23.9 Å². The third-order valence-corrected chi connectivity index (χ3v) is 7.21. The lowest BCUT2D eigenvalue weighted by Gasteiger charge is -2.24. The molecule has 0 radical (unpaired) electrons. The number of thioether (sulfide) groups is 1. The first-order valence-electron chi connectivity index (χ1n) is 7.37. The molecule has 0 saturated carbocycles. The summed E-state index contributed by atoms with van der Waals surface area (Å²) in [5, 5.41) is 0.481. The molecule has 2 saturated heterocycles. The van der Waals surface area contributed by atoms with Crippen LogP contribution < -0.4 is 0 Å². The molecule has 0 aromatic heterocycles. The third-order valence-electron chi connectivity index (χ3n) is 3.96. The van der Waals surface area contributed by atoms with Crippen molar-refractivity contribution in [2.24, 2.45) is 4.99 Å². The van der Waals surface area contributed by atoms with E-state index >= 15 is 0 Å². The van der Waals surface area contributed by atoms with Gasteiger partial charge in [-0.05, 0) is 17.7 Å². The van der Waals surface area contributed by atoms with E-state index in [1.807, 2.05) is 4.90 Å². The van der Waals surface area contributed by atoms with Crippen LogP contribution in [-0.2, 0) is 21.2 Å². The second-order valence-electron chi connectivity index (χ2n) is 5.70. The van der Waals surface area contributed by atoms with Gasteiger partial charge < -0.3 is 4.90 Å². The lowest BCUT2D eigenvalue weighted by atomic mass is 10.1. The molecule has 1 aromatic carbocycles. The highest BCUT2D eigenvalue weighted by Crippen LogP contribution is 2.39. The molecule has 1 aromatic rings. The summed E-state index contributed by atoms with van der Waals surface area (Å²) in [6.45, 7) is 2.15. The van der Waals surface area contributed by atoms with Gasteiger partial charge in [0, 0.05) is 18.2 Å². The van der Waals surface area contributed by atoms with E-state index < -0.39 is 9.84 Å². The number of hydrogen-bond acceptors (Lipinski definition) is 4. The number of aliphatic imine (C=N–C) groups is 1. The molecule has 124 valence electrons. The van der Waals surface area contributed by atoms with Gasteiger partial charge in [0.25, 0.3) is 0 Å². The number of amidine groups is 1. The largest absolute Gasteiger partial charge is 0.342 e. The number of nitrogens with zero attached hydrogens (tertiary/aromatic N) is 2. The molecule has 2 atom stereocenters. The molecule has 23 heavy (non-hydrogen) atoms. The second kappa shape index (κ2) is 6.24. The molecule has 1 amide bonds. The molecule has 0 N–H and O–H groups in total. The van der Waals surface area contributed by atoms with Crippen LogP contribution in [0.25, 0.3) is 0 Å². The number of sulfone groups is 1. The molecule has 2 aliphatic heterocycles. The highest BCUT2D eigenvalue weighted by Gasteiger charge is 2.48. The highest BCUT2D eigenvalue weighted by atomic mass is 32.2. The normalized spacial score (nSPS) is 27.4. The Bertz CT molecular complexity index is 746. The number of fused-ring (bicyclic) bond motifs is 1. The Kier molecular flexibility index (Phi) is 4.46. The lowest BCUT2D eigenvalue weighted by Crippen LogP contribution is -2.37. The first kappa shape index (κ1) is 16.4. The van der Waals surface area contributed by atoms with Gasteiger partial charge >= 0.3 is 0 Å². The van der Waals surface area contributed by atoms with Gasteiger partial charge in [0.1, 0.15) is 5.82 Å². The summed E-state index contributed by atoms with van der Waals surface area (Å²) >= 11 is 1.36.